The van der Waals surface area contributed by atoms with E-state index in [-0.39, 0.29) is 11.7 Å². The van der Waals surface area contributed by atoms with Crippen LogP contribution in [-0.2, 0) is 0 Å². The molecule has 0 amide bonds. The molecule has 2 atom stereocenters. The molecule has 5 heteroatoms. The summed E-state index contributed by atoms with van der Waals surface area (Å²) in [5.74, 6) is 2.09. The van der Waals surface area contributed by atoms with Gasteiger partial charge in [0.1, 0.15) is 5.83 Å². The average molecular weight is 373 g/mol. The molecule has 3 N–H and O–H groups in total. The highest BCUT2D eigenvalue weighted by Gasteiger charge is 2.18. The molecular formula is C22H33FN4. The van der Waals surface area contributed by atoms with Crippen molar-refractivity contribution in [3.8, 4) is 0 Å². The molecule has 0 bridgehead atoms. The summed E-state index contributed by atoms with van der Waals surface area (Å²) in [4.78, 5) is 4.78. The van der Waals surface area contributed by atoms with Crippen molar-refractivity contribution in [2.75, 3.05) is 26.2 Å². The lowest BCUT2D eigenvalue weighted by Gasteiger charge is -2.25. The first-order valence-corrected chi connectivity index (χ1v) is 10.3. The summed E-state index contributed by atoms with van der Waals surface area (Å²) in [5.41, 5.74) is 2.34. The fourth-order valence-electron chi connectivity index (χ4n) is 3.85. The molecule has 2 aliphatic carbocycles. The predicted molar refractivity (Wildman–Crippen MR) is 111 cm³/mol. The molecule has 1 heterocycles. The first kappa shape index (κ1) is 19.9. The molecule has 0 spiro atoms. The third-order valence-corrected chi connectivity index (χ3v) is 5.68. The van der Waals surface area contributed by atoms with Gasteiger partial charge in [-0.1, -0.05) is 19.1 Å². The van der Waals surface area contributed by atoms with Gasteiger partial charge in [0.2, 0.25) is 0 Å². The molecular weight excluding hydrogens is 339 g/mol. The van der Waals surface area contributed by atoms with E-state index in [0.717, 1.165) is 50.6 Å². The van der Waals surface area contributed by atoms with Gasteiger partial charge in [0.15, 0.2) is 0 Å². The second-order valence-electron chi connectivity index (χ2n) is 7.89. The number of hydrogen-bond acceptors (Lipinski definition) is 3. The van der Waals surface area contributed by atoms with Gasteiger partial charge in [-0.25, -0.2) is 4.39 Å². The van der Waals surface area contributed by atoms with Crippen molar-refractivity contribution < 1.29 is 4.39 Å². The van der Waals surface area contributed by atoms with Crippen LogP contribution >= 0.6 is 0 Å². The third kappa shape index (κ3) is 6.06. The van der Waals surface area contributed by atoms with Crippen LogP contribution in [0.25, 0.3) is 0 Å². The zero-order valence-corrected chi connectivity index (χ0v) is 16.6. The van der Waals surface area contributed by atoms with Crippen LogP contribution in [0.15, 0.2) is 52.6 Å². The normalized spacial score (nSPS) is 26.9. The van der Waals surface area contributed by atoms with E-state index in [0.29, 0.717) is 11.8 Å². The Bertz CT molecular complexity index is 653. The summed E-state index contributed by atoms with van der Waals surface area (Å²) in [6.07, 6.45) is 14.1. The molecule has 4 nitrogen and oxygen atoms in total. The van der Waals surface area contributed by atoms with Crippen LogP contribution in [0.1, 0.15) is 39.5 Å². The highest BCUT2D eigenvalue weighted by Crippen LogP contribution is 2.23. The van der Waals surface area contributed by atoms with Crippen molar-refractivity contribution in [3.63, 3.8) is 0 Å². The van der Waals surface area contributed by atoms with Gasteiger partial charge in [0.25, 0.3) is 0 Å². The van der Waals surface area contributed by atoms with Crippen LogP contribution in [0.3, 0.4) is 0 Å². The van der Waals surface area contributed by atoms with Crippen LogP contribution in [0, 0.1) is 17.8 Å². The van der Waals surface area contributed by atoms with Gasteiger partial charge >= 0.3 is 0 Å². The second kappa shape index (κ2) is 9.88. The Kier molecular flexibility index (Phi) is 7.27. The van der Waals surface area contributed by atoms with Gasteiger partial charge in [-0.3, -0.25) is 4.99 Å². The lowest BCUT2D eigenvalue weighted by molar-refractivity contribution is 0.383. The Hall–Kier alpha value is -1.88. The van der Waals surface area contributed by atoms with Crippen molar-refractivity contribution in [1.29, 1.82) is 0 Å². The Balaban J connectivity index is 1.55. The van der Waals surface area contributed by atoms with Crippen LogP contribution < -0.4 is 16.0 Å². The monoisotopic (exact) mass is 372 g/mol. The van der Waals surface area contributed by atoms with Gasteiger partial charge in [-0.15, -0.1) is 0 Å². The first-order valence-electron chi connectivity index (χ1n) is 10.3. The number of amidine groups is 1. The van der Waals surface area contributed by atoms with E-state index in [4.69, 9.17) is 4.99 Å². The van der Waals surface area contributed by atoms with Crippen molar-refractivity contribution in [2.45, 2.75) is 39.5 Å². The summed E-state index contributed by atoms with van der Waals surface area (Å²) in [7, 11) is 0. The Morgan fingerprint density at radius 3 is 2.89 bits per heavy atom. The zero-order valence-electron chi connectivity index (χ0n) is 16.6. The summed E-state index contributed by atoms with van der Waals surface area (Å²) in [6, 6.07) is 0. The van der Waals surface area contributed by atoms with E-state index in [1.165, 1.54) is 18.5 Å². The molecule has 1 fully saturated rings. The first-order chi connectivity index (χ1) is 13.1. The molecule has 0 aromatic carbocycles. The standard InChI is InChI=1S/C22H33FN4/c1-16-13-20(23)8-7-19(16)15-26-21-5-3-4-6-22(21)27-17(2)25-14-18-9-11-24-12-10-18/h3,5,7-8,13,16,18-19,24,26H,4,6,9-12,14-15H2,1-2H3,(H,25,27). The van der Waals surface area contributed by atoms with E-state index in [2.05, 4.69) is 41.9 Å². The number of rotatable bonds is 6. The molecule has 0 radical (unpaired) electrons. The maximum atomic E-state index is 13.3. The second-order valence-corrected chi connectivity index (χ2v) is 7.89. The van der Waals surface area contributed by atoms with Crippen LogP contribution in [-0.4, -0.2) is 32.0 Å². The maximum absolute atomic E-state index is 13.3. The van der Waals surface area contributed by atoms with Gasteiger partial charge in [0.05, 0.1) is 11.5 Å². The van der Waals surface area contributed by atoms with Crippen molar-refractivity contribution >= 4 is 5.84 Å². The lowest BCUT2D eigenvalue weighted by atomic mass is 9.89. The number of piperidine rings is 1. The van der Waals surface area contributed by atoms with Crippen LogP contribution in [0.2, 0.25) is 0 Å². The largest absolute Gasteiger partial charge is 0.383 e. The number of nitrogens with zero attached hydrogens (tertiary/aromatic N) is 1. The topological polar surface area (TPSA) is 48.5 Å². The number of nitrogens with one attached hydrogen (secondary N) is 3. The molecule has 3 aliphatic rings. The Morgan fingerprint density at radius 1 is 1.30 bits per heavy atom. The van der Waals surface area contributed by atoms with Gasteiger partial charge in [-0.2, -0.15) is 0 Å². The minimum absolute atomic E-state index is 0.126. The van der Waals surface area contributed by atoms with Crippen LogP contribution in [0.5, 0.6) is 0 Å². The highest BCUT2D eigenvalue weighted by atomic mass is 19.1. The maximum Gasteiger partial charge on any atom is 0.119 e. The summed E-state index contributed by atoms with van der Waals surface area (Å²) < 4.78 is 13.3. The fraction of sp³-hybridized carbons (Fsp3) is 0.591. The van der Waals surface area contributed by atoms with E-state index < -0.39 is 0 Å². The van der Waals surface area contributed by atoms with E-state index >= 15 is 0 Å². The summed E-state index contributed by atoms with van der Waals surface area (Å²) in [5, 5.41) is 10.5. The lowest BCUT2D eigenvalue weighted by Crippen LogP contribution is -2.31. The number of aliphatic imine (C=N–C) groups is 1. The Labute approximate surface area is 162 Å². The molecule has 3 rings (SSSR count). The SMILES string of the molecule is CC(=NCC1CCNCC1)NC1=C(NCC2C=CC(F)=CC2C)C=CCC1. The van der Waals surface area contributed by atoms with E-state index in [1.807, 2.05) is 6.08 Å². The molecule has 0 aromatic rings. The Morgan fingerprint density at radius 2 is 2.11 bits per heavy atom. The number of allylic oxidation sites excluding steroid dienone is 6. The third-order valence-electron chi connectivity index (χ3n) is 5.68. The summed E-state index contributed by atoms with van der Waals surface area (Å²) >= 11 is 0. The summed E-state index contributed by atoms with van der Waals surface area (Å²) in [6.45, 7) is 8.07. The zero-order chi connectivity index (χ0) is 19.1. The molecule has 0 saturated carbocycles. The number of halogens is 1. The molecule has 148 valence electrons. The van der Waals surface area contributed by atoms with Crippen molar-refractivity contribution in [2.24, 2.45) is 22.7 Å². The van der Waals surface area contributed by atoms with Crippen molar-refractivity contribution in [1.82, 2.24) is 16.0 Å². The molecule has 1 aliphatic heterocycles. The van der Waals surface area contributed by atoms with Gasteiger partial charge in [0, 0.05) is 24.7 Å². The average Bonchev–Trinajstić information content (AvgIpc) is 2.68. The smallest absolute Gasteiger partial charge is 0.119 e. The minimum atomic E-state index is -0.126. The van der Waals surface area contributed by atoms with Gasteiger partial charge < -0.3 is 16.0 Å². The molecule has 1 saturated heterocycles. The highest BCUT2D eigenvalue weighted by molar-refractivity contribution is 5.81. The van der Waals surface area contributed by atoms with Gasteiger partial charge in [-0.05, 0) is 75.8 Å². The minimum Gasteiger partial charge on any atom is -0.383 e. The van der Waals surface area contributed by atoms with E-state index in [9.17, 15) is 4.39 Å². The molecule has 2 unspecified atom stereocenters. The predicted octanol–water partition coefficient (Wildman–Crippen LogP) is 3.82. The van der Waals surface area contributed by atoms with Crippen LogP contribution in [0.4, 0.5) is 4.39 Å². The fourth-order valence-corrected chi connectivity index (χ4v) is 3.85. The quantitative estimate of drug-likeness (QED) is 0.491. The van der Waals surface area contributed by atoms with E-state index in [1.54, 1.807) is 12.2 Å². The van der Waals surface area contributed by atoms with Crippen molar-refractivity contribution in [3.05, 3.63) is 47.6 Å². The number of hydrogen-bond donors (Lipinski definition) is 3. The molecule has 27 heavy (non-hydrogen) atoms. The molecule has 0 aromatic heterocycles.